The molecule has 0 aromatic heterocycles. The SMILES string of the molecule is CCN(CCCNC(=O)[C@H](Cc1ccccc1)NS(=O)(=O)c1ccccc1F)S(C)(=O)=O. The molecular weight excluding hydrogens is 457 g/mol. The van der Waals surface area contributed by atoms with E-state index < -0.39 is 42.7 Å². The Bertz CT molecular complexity index is 1110. The lowest BCUT2D eigenvalue weighted by Gasteiger charge is -2.20. The third kappa shape index (κ3) is 7.66. The maximum absolute atomic E-state index is 14.0. The molecule has 0 heterocycles. The summed E-state index contributed by atoms with van der Waals surface area (Å²) in [6.07, 6.45) is 1.53. The van der Waals surface area contributed by atoms with E-state index in [9.17, 15) is 26.0 Å². The Balaban J connectivity index is 2.11. The van der Waals surface area contributed by atoms with Crippen molar-refractivity contribution in [2.75, 3.05) is 25.9 Å². The van der Waals surface area contributed by atoms with E-state index in [0.717, 1.165) is 24.0 Å². The Morgan fingerprint density at radius 1 is 1.03 bits per heavy atom. The van der Waals surface area contributed by atoms with Crippen molar-refractivity contribution in [3.8, 4) is 0 Å². The van der Waals surface area contributed by atoms with Gasteiger partial charge in [0.2, 0.25) is 26.0 Å². The summed E-state index contributed by atoms with van der Waals surface area (Å²) in [6.45, 7) is 2.40. The number of nitrogens with one attached hydrogen (secondary N) is 2. The van der Waals surface area contributed by atoms with E-state index in [1.54, 1.807) is 37.3 Å². The predicted octanol–water partition coefficient (Wildman–Crippen LogP) is 1.50. The molecule has 176 valence electrons. The van der Waals surface area contributed by atoms with Gasteiger partial charge < -0.3 is 5.32 Å². The van der Waals surface area contributed by atoms with Crippen LogP contribution in [-0.2, 0) is 31.3 Å². The van der Waals surface area contributed by atoms with Crippen molar-refractivity contribution in [1.29, 1.82) is 0 Å². The first kappa shape index (κ1) is 25.9. The number of carbonyl (C=O) groups excluding carboxylic acids is 1. The first-order valence-corrected chi connectivity index (χ1v) is 13.4. The Kier molecular flexibility index (Phi) is 9.32. The number of halogens is 1. The number of sulfonamides is 2. The fourth-order valence-electron chi connectivity index (χ4n) is 3.10. The number of benzene rings is 2. The van der Waals surface area contributed by atoms with Crippen molar-refractivity contribution in [2.45, 2.75) is 30.7 Å². The van der Waals surface area contributed by atoms with Crippen LogP contribution < -0.4 is 10.0 Å². The molecule has 1 atom stereocenters. The van der Waals surface area contributed by atoms with Gasteiger partial charge in [0.25, 0.3) is 0 Å². The normalized spacial score (nSPS) is 13.1. The first-order chi connectivity index (χ1) is 15.0. The van der Waals surface area contributed by atoms with Gasteiger partial charge in [0.1, 0.15) is 16.8 Å². The summed E-state index contributed by atoms with van der Waals surface area (Å²) in [5.74, 6) is -1.50. The van der Waals surface area contributed by atoms with Gasteiger partial charge in [-0.3, -0.25) is 4.79 Å². The van der Waals surface area contributed by atoms with Crippen molar-refractivity contribution < 1.29 is 26.0 Å². The van der Waals surface area contributed by atoms with Crippen molar-refractivity contribution in [1.82, 2.24) is 14.3 Å². The van der Waals surface area contributed by atoms with E-state index in [4.69, 9.17) is 0 Å². The van der Waals surface area contributed by atoms with Crippen molar-refractivity contribution in [3.63, 3.8) is 0 Å². The quantitative estimate of drug-likeness (QED) is 0.443. The van der Waals surface area contributed by atoms with Gasteiger partial charge in [0.05, 0.1) is 6.26 Å². The van der Waals surface area contributed by atoms with Crippen LogP contribution in [0.25, 0.3) is 0 Å². The molecule has 32 heavy (non-hydrogen) atoms. The van der Waals surface area contributed by atoms with Crippen LogP contribution in [0, 0.1) is 5.82 Å². The zero-order valence-electron chi connectivity index (χ0n) is 18.0. The van der Waals surface area contributed by atoms with E-state index in [1.165, 1.54) is 16.4 Å². The molecule has 0 bridgehead atoms. The Labute approximate surface area is 188 Å². The number of carbonyl (C=O) groups is 1. The molecule has 2 aromatic carbocycles. The van der Waals surface area contributed by atoms with Crippen LogP contribution in [-0.4, -0.2) is 59.0 Å². The second kappa shape index (κ2) is 11.5. The van der Waals surface area contributed by atoms with Gasteiger partial charge >= 0.3 is 0 Å². The maximum Gasteiger partial charge on any atom is 0.244 e. The molecule has 0 fully saturated rings. The third-order valence-electron chi connectivity index (χ3n) is 4.73. The van der Waals surface area contributed by atoms with Crippen molar-refractivity contribution in [3.05, 3.63) is 66.0 Å². The highest BCUT2D eigenvalue weighted by molar-refractivity contribution is 7.89. The number of nitrogens with zero attached hydrogens (tertiary/aromatic N) is 1. The van der Waals surface area contributed by atoms with Gasteiger partial charge in [0, 0.05) is 19.6 Å². The highest BCUT2D eigenvalue weighted by Crippen LogP contribution is 2.15. The Morgan fingerprint density at radius 3 is 2.25 bits per heavy atom. The van der Waals surface area contributed by atoms with Gasteiger partial charge in [-0.25, -0.2) is 25.5 Å². The molecule has 0 aliphatic rings. The largest absolute Gasteiger partial charge is 0.355 e. The average Bonchev–Trinajstić information content (AvgIpc) is 2.73. The molecule has 0 saturated carbocycles. The van der Waals surface area contributed by atoms with Crippen LogP contribution in [0.15, 0.2) is 59.5 Å². The van der Waals surface area contributed by atoms with Gasteiger partial charge in [-0.2, -0.15) is 4.72 Å². The summed E-state index contributed by atoms with van der Waals surface area (Å²) >= 11 is 0. The second-order valence-electron chi connectivity index (χ2n) is 7.19. The zero-order chi connectivity index (χ0) is 23.8. The van der Waals surface area contributed by atoms with Gasteiger partial charge in [-0.1, -0.05) is 49.4 Å². The molecule has 2 rings (SSSR count). The molecule has 8 nitrogen and oxygen atoms in total. The van der Waals surface area contributed by atoms with E-state index in [2.05, 4.69) is 10.0 Å². The minimum absolute atomic E-state index is 0.0603. The maximum atomic E-state index is 14.0. The summed E-state index contributed by atoms with van der Waals surface area (Å²) in [7, 11) is -7.63. The molecular formula is C21H28FN3O5S2. The number of hydrogen-bond donors (Lipinski definition) is 2. The fraction of sp³-hybridized carbons (Fsp3) is 0.381. The summed E-state index contributed by atoms with van der Waals surface area (Å²) in [5.41, 5.74) is 0.720. The summed E-state index contributed by atoms with van der Waals surface area (Å²) < 4.78 is 66.4. The summed E-state index contributed by atoms with van der Waals surface area (Å²) in [4.78, 5) is 12.2. The lowest BCUT2D eigenvalue weighted by Crippen LogP contribution is -2.48. The van der Waals surface area contributed by atoms with E-state index in [0.29, 0.717) is 13.0 Å². The molecule has 11 heteroatoms. The molecule has 0 unspecified atom stereocenters. The van der Waals surface area contributed by atoms with Crippen LogP contribution in [0.3, 0.4) is 0 Å². The topological polar surface area (TPSA) is 113 Å². The molecule has 0 radical (unpaired) electrons. The fourth-order valence-corrected chi connectivity index (χ4v) is 5.30. The lowest BCUT2D eigenvalue weighted by atomic mass is 10.1. The Morgan fingerprint density at radius 2 is 1.66 bits per heavy atom. The molecule has 0 saturated heterocycles. The standard InChI is InChI=1S/C21H28FN3O5S2/c1-3-25(31(2,27)28)15-9-14-23-21(26)19(16-17-10-5-4-6-11-17)24-32(29,30)20-13-8-7-12-18(20)22/h4-8,10-13,19,24H,3,9,14-16H2,1-2H3,(H,23,26)/t19-/m0/s1. The smallest absolute Gasteiger partial charge is 0.244 e. The summed E-state index contributed by atoms with van der Waals surface area (Å²) in [6, 6.07) is 12.6. The minimum Gasteiger partial charge on any atom is -0.355 e. The number of amides is 1. The molecule has 2 N–H and O–H groups in total. The number of rotatable bonds is 12. The highest BCUT2D eigenvalue weighted by Gasteiger charge is 2.27. The van der Waals surface area contributed by atoms with Crippen LogP contribution >= 0.6 is 0 Å². The highest BCUT2D eigenvalue weighted by atomic mass is 32.2. The number of hydrogen-bond acceptors (Lipinski definition) is 5. The van der Waals surface area contributed by atoms with Crippen LogP contribution in [0.4, 0.5) is 4.39 Å². The zero-order valence-corrected chi connectivity index (χ0v) is 19.6. The first-order valence-electron chi connectivity index (χ1n) is 10.1. The Hall–Kier alpha value is -2.34. The average molecular weight is 486 g/mol. The van der Waals surface area contributed by atoms with Crippen LogP contribution in [0.2, 0.25) is 0 Å². The third-order valence-corrected chi connectivity index (χ3v) is 7.61. The van der Waals surface area contributed by atoms with Gasteiger partial charge in [-0.05, 0) is 30.5 Å². The lowest BCUT2D eigenvalue weighted by molar-refractivity contribution is -0.122. The van der Waals surface area contributed by atoms with Gasteiger partial charge in [0.15, 0.2) is 0 Å². The monoisotopic (exact) mass is 485 g/mol. The molecule has 0 spiro atoms. The van der Waals surface area contributed by atoms with E-state index in [1.807, 2.05) is 0 Å². The molecule has 0 aliphatic heterocycles. The molecule has 2 aromatic rings. The van der Waals surface area contributed by atoms with Crippen LogP contribution in [0.5, 0.6) is 0 Å². The van der Waals surface area contributed by atoms with E-state index >= 15 is 0 Å². The van der Waals surface area contributed by atoms with Crippen molar-refractivity contribution >= 4 is 26.0 Å². The van der Waals surface area contributed by atoms with E-state index in [-0.39, 0.29) is 19.5 Å². The predicted molar refractivity (Wildman–Crippen MR) is 120 cm³/mol. The molecule has 0 aliphatic carbocycles. The minimum atomic E-state index is -4.30. The second-order valence-corrected chi connectivity index (χ2v) is 10.9. The van der Waals surface area contributed by atoms with Gasteiger partial charge in [-0.15, -0.1) is 0 Å². The molecule has 1 amide bonds. The van der Waals surface area contributed by atoms with Crippen LogP contribution in [0.1, 0.15) is 18.9 Å². The van der Waals surface area contributed by atoms with Crippen molar-refractivity contribution in [2.24, 2.45) is 0 Å². The summed E-state index contributed by atoms with van der Waals surface area (Å²) in [5, 5.41) is 2.64.